The maximum absolute atomic E-state index is 11.8. The van der Waals surface area contributed by atoms with Crippen LogP contribution in [0.3, 0.4) is 0 Å². The van der Waals surface area contributed by atoms with Gasteiger partial charge < -0.3 is 0 Å². The number of hydrogen-bond acceptors (Lipinski definition) is 4. The molecule has 0 bridgehead atoms. The highest BCUT2D eigenvalue weighted by Crippen LogP contribution is 2.22. The van der Waals surface area contributed by atoms with Crippen molar-refractivity contribution in [2.45, 2.75) is 38.8 Å². The van der Waals surface area contributed by atoms with E-state index in [0.717, 1.165) is 12.0 Å². The molecule has 0 spiro atoms. The van der Waals surface area contributed by atoms with Crippen LogP contribution in [0.1, 0.15) is 32.3 Å². The summed E-state index contributed by atoms with van der Waals surface area (Å²) in [5.74, 6) is 0.340. The number of rotatable bonds is 5. The maximum Gasteiger partial charge on any atom is 0.240 e. The normalized spacial score (nSPS) is 24.8. The Labute approximate surface area is 140 Å². The Morgan fingerprint density at radius 3 is 2.59 bits per heavy atom. The van der Waals surface area contributed by atoms with Crippen LogP contribution in [-0.4, -0.2) is 24.2 Å². The Hall–Kier alpha value is -1.14. The molecule has 1 heterocycles. The van der Waals surface area contributed by atoms with Gasteiger partial charge in [0.25, 0.3) is 0 Å². The minimum Gasteiger partial charge on any atom is -0.273 e. The van der Waals surface area contributed by atoms with Crippen LogP contribution < -0.4 is 16.3 Å². The molecule has 2 rings (SSSR count). The van der Waals surface area contributed by atoms with E-state index in [0.29, 0.717) is 34.5 Å². The Morgan fingerprint density at radius 2 is 1.95 bits per heavy atom. The van der Waals surface area contributed by atoms with Crippen LogP contribution >= 0.6 is 23.2 Å². The van der Waals surface area contributed by atoms with Crippen molar-refractivity contribution in [3.63, 3.8) is 0 Å². The second-order valence-corrected chi connectivity index (χ2v) is 6.35. The number of carbonyl (C=O) groups is 1. The minimum absolute atomic E-state index is 0.0948. The molecular formula is C15H20Cl2N4O. The largest absolute Gasteiger partial charge is 0.273 e. The van der Waals surface area contributed by atoms with E-state index in [1.54, 1.807) is 24.4 Å². The Bertz CT molecular complexity index is 554. The second-order valence-electron chi connectivity index (χ2n) is 5.54. The molecule has 22 heavy (non-hydrogen) atoms. The number of carbonyl (C=O) groups excluding carboxylic acids is 1. The molecular weight excluding hydrogens is 323 g/mol. The smallest absolute Gasteiger partial charge is 0.240 e. The van der Waals surface area contributed by atoms with Crippen LogP contribution in [0.5, 0.6) is 0 Å². The van der Waals surface area contributed by atoms with Gasteiger partial charge in [-0.15, -0.1) is 0 Å². The van der Waals surface area contributed by atoms with Gasteiger partial charge in [0.15, 0.2) is 0 Å². The van der Waals surface area contributed by atoms with E-state index in [1.807, 2.05) is 0 Å². The van der Waals surface area contributed by atoms with E-state index in [2.05, 4.69) is 35.2 Å². The first-order valence-corrected chi connectivity index (χ1v) is 8.01. The zero-order valence-electron chi connectivity index (χ0n) is 12.6. The van der Waals surface area contributed by atoms with Gasteiger partial charge in [-0.1, -0.05) is 29.3 Å². The van der Waals surface area contributed by atoms with Gasteiger partial charge in [0.2, 0.25) is 5.91 Å². The third-order valence-corrected chi connectivity index (χ3v) is 4.61. The number of nitrogens with zero attached hydrogens (tertiary/aromatic N) is 1. The van der Waals surface area contributed by atoms with Crippen molar-refractivity contribution in [3.8, 4) is 0 Å². The van der Waals surface area contributed by atoms with E-state index >= 15 is 0 Å². The van der Waals surface area contributed by atoms with Gasteiger partial charge in [-0.25, -0.2) is 5.43 Å². The molecule has 0 radical (unpaired) electrons. The fraction of sp³-hybridized carbons (Fsp3) is 0.467. The number of hydrazine groups is 1. The van der Waals surface area contributed by atoms with Gasteiger partial charge in [-0.2, -0.15) is 5.10 Å². The monoisotopic (exact) mass is 342 g/mol. The van der Waals surface area contributed by atoms with Crippen molar-refractivity contribution < 1.29 is 4.79 Å². The summed E-state index contributed by atoms with van der Waals surface area (Å²) in [6.07, 6.45) is 2.81. The molecule has 3 N–H and O–H groups in total. The standard InChI is InChI=1S/C15H20Cl2N4O/c1-9-12(10(2)20-19-9)4-6-15(22)21-18-8-11-3-5-13(16)14(17)7-11/h3,5,7-10,12,19-20H,4,6H2,1-2H3,(H,21,22)/b18-8+. The van der Waals surface area contributed by atoms with Crippen molar-refractivity contribution in [3.05, 3.63) is 33.8 Å². The van der Waals surface area contributed by atoms with Crippen molar-refractivity contribution in [1.29, 1.82) is 0 Å². The van der Waals surface area contributed by atoms with E-state index in [-0.39, 0.29) is 5.91 Å². The summed E-state index contributed by atoms with van der Waals surface area (Å²) in [4.78, 5) is 11.8. The zero-order chi connectivity index (χ0) is 16.1. The number of amides is 1. The van der Waals surface area contributed by atoms with Crippen molar-refractivity contribution in [1.82, 2.24) is 16.3 Å². The average Bonchev–Trinajstić information content (AvgIpc) is 2.80. The summed E-state index contributed by atoms with van der Waals surface area (Å²) in [5.41, 5.74) is 9.68. The molecule has 0 aliphatic carbocycles. The van der Waals surface area contributed by atoms with Gasteiger partial charge >= 0.3 is 0 Å². The highest BCUT2D eigenvalue weighted by atomic mass is 35.5. The van der Waals surface area contributed by atoms with E-state index in [9.17, 15) is 4.79 Å². The van der Waals surface area contributed by atoms with Crippen LogP contribution in [0.25, 0.3) is 0 Å². The van der Waals surface area contributed by atoms with E-state index in [1.165, 1.54) is 0 Å². The minimum atomic E-state index is -0.0948. The first-order chi connectivity index (χ1) is 10.5. The second kappa shape index (κ2) is 7.92. The molecule has 0 aromatic heterocycles. The zero-order valence-corrected chi connectivity index (χ0v) is 14.1. The summed E-state index contributed by atoms with van der Waals surface area (Å²) in [7, 11) is 0. The fourth-order valence-electron chi connectivity index (χ4n) is 2.54. The molecule has 120 valence electrons. The van der Waals surface area contributed by atoms with Gasteiger partial charge in [0.1, 0.15) is 0 Å². The molecule has 1 aliphatic rings. The van der Waals surface area contributed by atoms with Crippen LogP contribution in [-0.2, 0) is 4.79 Å². The first-order valence-electron chi connectivity index (χ1n) is 7.25. The third-order valence-electron chi connectivity index (χ3n) is 3.87. The summed E-state index contributed by atoms with van der Waals surface area (Å²) in [6.45, 7) is 4.23. The van der Waals surface area contributed by atoms with Gasteiger partial charge in [-0.05, 0) is 43.9 Å². The Kier molecular flexibility index (Phi) is 6.20. The molecule has 0 saturated carbocycles. The molecule has 2 atom stereocenters. The fourth-order valence-corrected chi connectivity index (χ4v) is 2.84. The maximum atomic E-state index is 11.8. The van der Waals surface area contributed by atoms with Crippen LogP contribution in [0.4, 0.5) is 0 Å². The van der Waals surface area contributed by atoms with E-state index in [4.69, 9.17) is 23.2 Å². The molecule has 1 saturated heterocycles. The van der Waals surface area contributed by atoms with Crippen molar-refractivity contribution >= 4 is 35.3 Å². The van der Waals surface area contributed by atoms with Crippen LogP contribution in [0, 0.1) is 5.92 Å². The van der Waals surface area contributed by atoms with Gasteiger partial charge in [0.05, 0.1) is 16.3 Å². The van der Waals surface area contributed by atoms with Gasteiger partial charge in [0, 0.05) is 18.5 Å². The molecule has 1 aliphatic heterocycles. The SMILES string of the molecule is CC1NNC(C)C1CCC(=O)N/N=C/c1ccc(Cl)c(Cl)c1. The molecule has 1 fully saturated rings. The summed E-state index contributed by atoms with van der Waals surface area (Å²) >= 11 is 11.7. The molecule has 1 amide bonds. The highest BCUT2D eigenvalue weighted by molar-refractivity contribution is 6.42. The lowest BCUT2D eigenvalue weighted by Crippen LogP contribution is -2.30. The summed E-state index contributed by atoms with van der Waals surface area (Å²) in [6, 6.07) is 5.89. The number of halogens is 2. The first kappa shape index (κ1) is 17.2. The Balaban J connectivity index is 1.77. The quantitative estimate of drug-likeness (QED) is 0.569. The molecule has 5 nitrogen and oxygen atoms in total. The van der Waals surface area contributed by atoms with E-state index < -0.39 is 0 Å². The predicted octanol–water partition coefficient (Wildman–Crippen LogP) is 2.72. The molecule has 2 unspecified atom stereocenters. The molecule has 7 heteroatoms. The summed E-state index contributed by atoms with van der Waals surface area (Å²) in [5, 5.41) is 4.89. The number of benzene rings is 1. The van der Waals surface area contributed by atoms with Gasteiger partial charge in [-0.3, -0.25) is 15.6 Å². The summed E-state index contributed by atoms with van der Waals surface area (Å²) < 4.78 is 0. The lowest BCUT2D eigenvalue weighted by Gasteiger charge is -2.16. The molecule has 1 aromatic rings. The lowest BCUT2D eigenvalue weighted by atomic mass is 9.91. The molecule has 1 aromatic carbocycles. The predicted molar refractivity (Wildman–Crippen MR) is 90.1 cm³/mol. The van der Waals surface area contributed by atoms with Crippen LogP contribution in [0.15, 0.2) is 23.3 Å². The Morgan fingerprint density at radius 1 is 1.27 bits per heavy atom. The average molecular weight is 343 g/mol. The third kappa shape index (κ3) is 4.68. The van der Waals surface area contributed by atoms with Crippen molar-refractivity contribution in [2.75, 3.05) is 0 Å². The number of hydrogen-bond donors (Lipinski definition) is 3. The van der Waals surface area contributed by atoms with Crippen molar-refractivity contribution in [2.24, 2.45) is 11.0 Å². The lowest BCUT2D eigenvalue weighted by molar-refractivity contribution is -0.121. The van der Waals surface area contributed by atoms with Crippen LogP contribution in [0.2, 0.25) is 10.0 Å². The topological polar surface area (TPSA) is 65.5 Å². The number of hydrazone groups is 1. The number of nitrogens with one attached hydrogen (secondary N) is 3. The highest BCUT2D eigenvalue weighted by Gasteiger charge is 2.29.